The first-order valence-corrected chi connectivity index (χ1v) is 7.76. The van der Waals surface area contributed by atoms with E-state index < -0.39 is 40.2 Å². The number of rotatable bonds is 1. The molecule has 2 fully saturated rings. The average Bonchev–Trinajstić information content (AvgIpc) is 2.77. The summed E-state index contributed by atoms with van der Waals surface area (Å²) in [5.41, 5.74) is 2.45. The van der Waals surface area contributed by atoms with Crippen LogP contribution in [0.15, 0.2) is 30.3 Å². The van der Waals surface area contributed by atoms with Gasteiger partial charge in [-0.05, 0) is 5.56 Å². The highest BCUT2D eigenvalue weighted by Crippen LogP contribution is 2.66. The zero-order valence-corrected chi connectivity index (χ0v) is 13.4. The second-order valence-electron chi connectivity index (χ2n) is 6.74. The summed E-state index contributed by atoms with van der Waals surface area (Å²) in [7, 11) is 0. The van der Waals surface area contributed by atoms with Crippen molar-refractivity contribution in [3.05, 3.63) is 35.9 Å². The normalized spacial score (nSPS) is 39.2. The molecule has 1 saturated heterocycles. The third-order valence-corrected chi connectivity index (χ3v) is 6.08. The number of nitrogens with zero attached hydrogens (tertiary/aromatic N) is 3. The number of carbonyl (C=O) groups excluding carboxylic acids is 1. The minimum Gasteiger partial charge on any atom is -0.336 e. The molecule has 0 radical (unpaired) electrons. The van der Waals surface area contributed by atoms with Gasteiger partial charge in [0.1, 0.15) is 0 Å². The summed E-state index contributed by atoms with van der Waals surface area (Å²) in [5.74, 6) is -2.36. The van der Waals surface area contributed by atoms with E-state index in [-0.39, 0.29) is 0 Å². The Morgan fingerprint density at radius 2 is 1.67 bits per heavy atom. The van der Waals surface area contributed by atoms with E-state index in [0.29, 0.717) is 0 Å². The molecule has 5 atom stereocenters. The molecular weight excluding hydrogens is 302 g/mol. The molecule has 120 valence electrons. The number of nitrogens with two attached hydrogens (primary N) is 1. The quantitative estimate of drug-likeness (QED) is 0.808. The summed E-state index contributed by atoms with van der Waals surface area (Å²) in [5, 5.41) is 32.6. The Balaban J connectivity index is 2.40. The van der Waals surface area contributed by atoms with Crippen molar-refractivity contribution in [2.45, 2.75) is 25.4 Å². The average molecular weight is 319 g/mol. The van der Waals surface area contributed by atoms with Gasteiger partial charge in [0.15, 0.2) is 10.8 Å². The molecule has 1 aromatic carbocycles. The molecule has 1 heterocycles. The van der Waals surface area contributed by atoms with Crippen molar-refractivity contribution in [2.24, 2.45) is 28.4 Å². The largest absolute Gasteiger partial charge is 0.336 e. The van der Waals surface area contributed by atoms with Crippen LogP contribution in [0.25, 0.3) is 0 Å². The van der Waals surface area contributed by atoms with Crippen LogP contribution in [0.1, 0.15) is 25.3 Å². The van der Waals surface area contributed by atoms with Crippen LogP contribution in [0.2, 0.25) is 0 Å². The molecule has 2 aliphatic rings. The van der Waals surface area contributed by atoms with Crippen LogP contribution >= 0.6 is 0 Å². The van der Waals surface area contributed by atoms with Crippen LogP contribution in [0.4, 0.5) is 0 Å². The Morgan fingerprint density at radius 3 is 2.17 bits per heavy atom. The lowest BCUT2D eigenvalue weighted by molar-refractivity contribution is -0.129. The van der Waals surface area contributed by atoms with E-state index >= 15 is 0 Å². The maximum atomic E-state index is 12.8. The van der Waals surface area contributed by atoms with Crippen LogP contribution in [-0.2, 0) is 4.79 Å². The van der Waals surface area contributed by atoms with E-state index in [4.69, 9.17) is 5.73 Å². The molecule has 6 heteroatoms. The van der Waals surface area contributed by atoms with Gasteiger partial charge in [0.2, 0.25) is 5.91 Å². The van der Waals surface area contributed by atoms with Crippen molar-refractivity contribution in [1.29, 1.82) is 15.8 Å². The van der Waals surface area contributed by atoms with Gasteiger partial charge in [0, 0.05) is 17.8 Å². The number of nitrogens with one attached hydrogen (secondary N) is 1. The number of amides is 1. The minimum atomic E-state index is -1.81. The number of nitriles is 3. The summed E-state index contributed by atoms with van der Waals surface area (Å²) < 4.78 is 0. The Labute approximate surface area is 140 Å². The van der Waals surface area contributed by atoms with Crippen molar-refractivity contribution < 1.29 is 4.79 Å². The van der Waals surface area contributed by atoms with Gasteiger partial charge in [-0.25, -0.2) is 0 Å². The van der Waals surface area contributed by atoms with Crippen LogP contribution in [0, 0.1) is 56.7 Å². The molecule has 2 bridgehead atoms. The molecular formula is C18H17N5O. The maximum Gasteiger partial charge on any atom is 0.245 e. The van der Waals surface area contributed by atoms with Gasteiger partial charge in [0.05, 0.1) is 23.9 Å². The Hall–Kier alpha value is -2.88. The highest BCUT2D eigenvalue weighted by molar-refractivity contribution is 5.93. The molecule has 3 N–H and O–H groups in total. The van der Waals surface area contributed by atoms with E-state index in [0.717, 1.165) is 5.56 Å². The fourth-order valence-corrected chi connectivity index (χ4v) is 4.66. The van der Waals surface area contributed by atoms with Gasteiger partial charge in [0.25, 0.3) is 0 Å². The second-order valence-corrected chi connectivity index (χ2v) is 6.74. The first-order chi connectivity index (χ1) is 11.4. The summed E-state index contributed by atoms with van der Waals surface area (Å²) in [6.07, 6.45) is 0. The molecule has 0 spiro atoms. The minimum absolute atomic E-state index is 0.401. The van der Waals surface area contributed by atoms with Crippen LogP contribution < -0.4 is 11.1 Å². The molecule has 3 rings (SSSR count). The lowest BCUT2D eigenvalue weighted by Crippen LogP contribution is -2.66. The van der Waals surface area contributed by atoms with Crippen LogP contribution in [0.3, 0.4) is 0 Å². The highest BCUT2D eigenvalue weighted by Gasteiger charge is 2.79. The molecule has 0 unspecified atom stereocenters. The van der Waals surface area contributed by atoms with Crippen molar-refractivity contribution >= 4 is 5.91 Å². The number of fused-ring (bicyclic) bond motifs is 2. The standard InChI is InChI=1S/C18H17N5O/c1-11-14(13-6-4-3-5-7-13)16(8-19,9-20)17(10-21)12(2)18(11,22)23-15(17)24/h3-7,11-12,14H,22H2,1-2H3,(H,23,24)/t11-,12-,14-,17-,18-/m1/s1. The predicted molar refractivity (Wildman–Crippen MR) is 84.3 cm³/mol. The Kier molecular flexibility index (Phi) is 3.20. The van der Waals surface area contributed by atoms with Gasteiger partial charge in [-0.1, -0.05) is 44.2 Å². The lowest BCUT2D eigenvalue weighted by Gasteiger charge is -2.52. The number of benzene rings is 1. The fraction of sp³-hybridized carbons (Fsp3) is 0.444. The zero-order valence-electron chi connectivity index (χ0n) is 13.4. The fourth-order valence-electron chi connectivity index (χ4n) is 4.66. The molecule has 1 aliphatic carbocycles. The second kappa shape index (κ2) is 4.81. The molecule has 1 aliphatic heterocycles. The zero-order chi connectivity index (χ0) is 17.8. The maximum absolute atomic E-state index is 12.8. The predicted octanol–water partition coefficient (Wildman–Crippen LogP) is 1.38. The summed E-state index contributed by atoms with van der Waals surface area (Å²) in [6, 6.07) is 15.1. The molecule has 0 aromatic heterocycles. The molecule has 24 heavy (non-hydrogen) atoms. The molecule has 6 nitrogen and oxygen atoms in total. The van der Waals surface area contributed by atoms with E-state index in [1.165, 1.54) is 0 Å². The Bertz CT molecular complexity index is 816. The van der Waals surface area contributed by atoms with E-state index in [9.17, 15) is 20.6 Å². The first kappa shape index (κ1) is 16.0. The van der Waals surface area contributed by atoms with Gasteiger partial charge in [-0.2, -0.15) is 15.8 Å². The number of hydrogen-bond acceptors (Lipinski definition) is 5. The first-order valence-electron chi connectivity index (χ1n) is 7.76. The van der Waals surface area contributed by atoms with Gasteiger partial charge < -0.3 is 11.1 Å². The van der Waals surface area contributed by atoms with E-state index in [1.54, 1.807) is 31.2 Å². The van der Waals surface area contributed by atoms with Gasteiger partial charge in [-0.3, -0.25) is 4.79 Å². The highest BCUT2D eigenvalue weighted by atomic mass is 16.2. The lowest BCUT2D eigenvalue weighted by atomic mass is 9.45. The van der Waals surface area contributed by atoms with Crippen molar-refractivity contribution in [2.75, 3.05) is 0 Å². The summed E-state index contributed by atoms with van der Waals surface area (Å²) >= 11 is 0. The summed E-state index contributed by atoms with van der Waals surface area (Å²) in [6.45, 7) is 3.49. The smallest absolute Gasteiger partial charge is 0.245 e. The van der Waals surface area contributed by atoms with E-state index in [1.807, 2.05) is 31.2 Å². The van der Waals surface area contributed by atoms with Crippen molar-refractivity contribution in [1.82, 2.24) is 5.32 Å². The van der Waals surface area contributed by atoms with Gasteiger partial charge in [-0.15, -0.1) is 0 Å². The summed E-state index contributed by atoms with van der Waals surface area (Å²) in [4.78, 5) is 12.8. The van der Waals surface area contributed by atoms with Crippen molar-refractivity contribution in [3.8, 4) is 18.2 Å². The molecule has 1 saturated carbocycles. The third-order valence-electron chi connectivity index (χ3n) is 6.08. The topological polar surface area (TPSA) is 126 Å². The van der Waals surface area contributed by atoms with Crippen LogP contribution in [-0.4, -0.2) is 11.6 Å². The van der Waals surface area contributed by atoms with Crippen molar-refractivity contribution in [3.63, 3.8) is 0 Å². The molecule has 1 amide bonds. The molecule has 1 aromatic rings. The monoisotopic (exact) mass is 319 g/mol. The van der Waals surface area contributed by atoms with Crippen LogP contribution in [0.5, 0.6) is 0 Å². The Morgan fingerprint density at radius 1 is 1.08 bits per heavy atom. The number of hydrogen-bond donors (Lipinski definition) is 2. The van der Waals surface area contributed by atoms with Gasteiger partial charge >= 0.3 is 0 Å². The third kappa shape index (κ3) is 1.44. The number of carbonyl (C=O) groups is 1. The van der Waals surface area contributed by atoms with E-state index in [2.05, 4.69) is 5.32 Å². The SMILES string of the molecule is C[C@@H]1[C@H](c2ccccc2)C(C#N)(C#N)[C@@]2(C#N)C(=O)N[C@@]1(N)[C@@H]2C.